The highest BCUT2D eigenvalue weighted by Crippen LogP contribution is 2.19. The Morgan fingerprint density at radius 1 is 1.38 bits per heavy atom. The van der Waals surface area contributed by atoms with Crippen molar-refractivity contribution in [1.82, 2.24) is 15.3 Å². The van der Waals surface area contributed by atoms with Crippen LogP contribution in [0.2, 0.25) is 5.02 Å². The van der Waals surface area contributed by atoms with Gasteiger partial charge in [-0.05, 0) is 24.6 Å². The predicted octanol–water partition coefficient (Wildman–Crippen LogP) is 2.56. The van der Waals surface area contributed by atoms with Crippen LogP contribution >= 0.6 is 11.6 Å². The largest absolute Gasteiger partial charge is 0.375 e. The zero-order valence-corrected chi connectivity index (χ0v) is 12.6. The zero-order valence-electron chi connectivity index (χ0n) is 11.8. The molecular weight excluding hydrogens is 290 g/mol. The van der Waals surface area contributed by atoms with Crippen LogP contribution in [0.3, 0.4) is 0 Å². The Morgan fingerprint density at radius 2 is 2.19 bits per heavy atom. The maximum atomic E-state index is 12.0. The number of amides is 1. The highest BCUT2D eigenvalue weighted by atomic mass is 35.5. The Balaban J connectivity index is 2.00. The molecule has 1 unspecified atom stereocenters. The normalized spacial score (nSPS) is 12.0. The van der Waals surface area contributed by atoms with Crippen molar-refractivity contribution in [3.8, 4) is 0 Å². The van der Waals surface area contributed by atoms with E-state index >= 15 is 0 Å². The number of nitrogens with zero attached hydrogens (tertiary/aromatic N) is 2. The molecule has 1 N–H and O–H groups in total. The fourth-order valence-corrected chi connectivity index (χ4v) is 2.03. The highest BCUT2D eigenvalue weighted by Gasteiger charge is 2.14. The second-order valence-corrected chi connectivity index (χ2v) is 4.97. The fraction of sp³-hybridized carbons (Fsp3) is 0.267. The Labute approximate surface area is 128 Å². The van der Waals surface area contributed by atoms with Crippen LogP contribution in [0.15, 0.2) is 36.7 Å². The first-order valence-corrected chi connectivity index (χ1v) is 6.83. The van der Waals surface area contributed by atoms with Gasteiger partial charge in [0.25, 0.3) is 5.91 Å². The molecule has 0 fully saturated rings. The number of nitrogens with one attached hydrogen (secondary N) is 1. The van der Waals surface area contributed by atoms with Crippen LogP contribution in [0.1, 0.15) is 27.8 Å². The summed E-state index contributed by atoms with van der Waals surface area (Å²) in [4.78, 5) is 20.1. The van der Waals surface area contributed by atoms with E-state index in [4.69, 9.17) is 16.3 Å². The topological polar surface area (TPSA) is 64.1 Å². The lowest BCUT2D eigenvalue weighted by atomic mass is 10.1. The molecule has 1 aromatic heterocycles. The molecule has 0 saturated heterocycles. The molecular formula is C15H16ClN3O2. The van der Waals surface area contributed by atoms with Gasteiger partial charge < -0.3 is 10.1 Å². The van der Waals surface area contributed by atoms with E-state index in [1.165, 1.54) is 6.20 Å². The van der Waals surface area contributed by atoms with E-state index in [-0.39, 0.29) is 17.7 Å². The van der Waals surface area contributed by atoms with E-state index < -0.39 is 0 Å². The van der Waals surface area contributed by atoms with Crippen LogP contribution in [0, 0.1) is 6.92 Å². The molecule has 1 heterocycles. The van der Waals surface area contributed by atoms with E-state index in [1.54, 1.807) is 19.4 Å². The van der Waals surface area contributed by atoms with Crippen molar-refractivity contribution in [1.29, 1.82) is 0 Å². The standard InChI is InChI=1S/C15H16ClN3O2/c1-10-7-18-13(8-17-10)15(20)19-9-14(21-2)11-4-3-5-12(16)6-11/h3-8,14H,9H2,1-2H3,(H,19,20). The van der Waals surface area contributed by atoms with Gasteiger partial charge in [-0.2, -0.15) is 0 Å². The SMILES string of the molecule is COC(CNC(=O)c1cnc(C)cn1)c1cccc(Cl)c1. The van der Waals surface area contributed by atoms with Crippen LogP contribution < -0.4 is 5.32 Å². The van der Waals surface area contributed by atoms with Crippen molar-refractivity contribution in [2.75, 3.05) is 13.7 Å². The third kappa shape index (κ3) is 4.24. The summed E-state index contributed by atoms with van der Waals surface area (Å²) in [6.07, 6.45) is 2.73. The maximum Gasteiger partial charge on any atom is 0.271 e. The minimum Gasteiger partial charge on any atom is -0.375 e. The molecule has 0 spiro atoms. The Bertz CT molecular complexity index is 617. The number of methoxy groups -OCH3 is 1. The van der Waals surface area contributed by atoms with Crippen molar-refractivity contribution in [2.24, 2.45) is 0 Å². The van der Waals surface area contributed by atoms with Crippen molar-refractivity contribution in [3.63, 3.8) is 0 Å². The summed E-state index contributed by atoms with van der Waals surface area (Å²) >= 11 is 5.96. The number of carbonyl (C=O) groups is 1. The molecule has 2 aromatic rings. The van der Waals surface area contributed by atoms with Crippen LogP contribution in [0.25, 0.3) is 0 Å². The third-order valence-electron chi connectivity index (χ3n) is 2.97. The maximum absolute atomic E-state index is 12.0. The van der Waals surface area contributed by atoms with Gasteiger partial charge in [-0.3, -0.25) is 9.78 Å². The van der Waals surface area contributed by atoms with Gasteiger partial charge >= 0.3 is 0 Å². The van der Waals surface area contributed by atoms with Crippen molar-refractivity contribution in [3.05, 3.63) is 58.6 Å². The van der Waals surface area contributed by atoms with E-state index in [0.29, 0.717) is 11.6 Å². The molecule has 6 heteroatoms. The van der Waals surface area contributed by atoms with Crippen LogP contribution in [0.4, 0.5) is 0 Å². The predicted molar refractivity (Wildman–Crippen MR) is 80.3 cm³/mol. The molecule has 5 nitrogen and oxygen atoms in total. The summed E-state index contributed by atoms with van der Waals surface area (Å²) in [5.41, 5.74) is 1.95. The summed E-state index contributed by atoms with van der Waals surface area (Å²) in [7, 11) is 1.59. The first kappa shape index (κ1) is 15.4. The molecule has 1 aromatic carbocycles. The lowest BCUT2D eigenvalue weighted by Gasteiger charge is -2.16. The van der Waals surface area contributed by atoms with Gasteiger partial charge in [0.15, 0.2) is 0 Å². The van der Waals surface area contributed by atoms with E-state index in [0.717, 1.165) is 11.3 Å². The van der Waals surface area contributed by atoms with Crippen LogP contribution in [-0.2, 0) is 4.74 Å². The number of rotatable bonds is 5. The van der Waals surface area contributed by atoms with E-state index in [1.807, 2.05) is 25.1 Å². The summed E-state index contributed by atoms with van der Waals surface area (Å²) in [5, 5.41) is 3.41. The summed E-state index contributed by atoms with van der Waals surface area (Å²) in [6.45, 7) is 2.14. The molecule has 0 radical (unpaired) electrons. The van der Waals surface area contributed by atoms with Gasteiger partial charge in [0.1, 0.15) is 5.69 Å². The van der Waals surface area contributed by atoms with E-state index in [9.17, 15) is 4.79 Å². The molecule has 1 atom stereocenters. The lowest BCUT2D eigenvalue weighted by molar-refractivity contribution is 0.0824. The van der Waals surface area contributed by atoms with E-state index in [2.05, 4.69) is 15.3 Å². The fourth-order valence-electron chi connectivity index (χ4n) is 1.83. The van der Waals surface area contributed by atoms with Crippen molar-refractivity contribution < 1.29 is 9.53 Å². The van der Waals surface area contributed by atoms with Crippen molar-refractivity contribution >= 4 is 17.5 Å². The number of hydrogen-bond acceptors (Lipinski definition) is 4. The minimum atomic E-state index is -0.286. The van der Waals surface area contributed by atoms with Crippen LogP contribution in [-0.4, -0.2) is 29.5 Å². The molecule has 0 aliphatic heterocycles. The van der Waals surface area contributed by atoms with Gasteiger partial charge in [-0.1, -0.05) is 23.7 Å². The number of carbonyl (C=O) groups excluding carboxylic acids is 1. The summed E-state index contributed by atoms with van der Waals surface area (Å²) in [5.74, 6) is -0.286. The summed E-state index contributed by atoms with van der Waals surface area (Å²) < 4.78 is 5.39. The number of ether oxygens (including phenoxy) is 1. The Kier molecular flexibility index (Phi) is 5.25. The van der Waals surface area contributed by atoms with Gasteiger partial charge in [0, 0.05) is 24.9 Å². The highest BCUT2D eigenvalue weighted by molar-refractivity contribution is 6.30. The first-order chi connectivity index (χ1) is 10.1. The molecule has 21 heavy (non-hydrogen) atoms. The molecule has 2 rings (SSSR count). The van der Waals surface area contributed by atoms with Gasteiger partial charge in [-0.25, -0.2) is 4.98 Å². The second-order valence-electron chi connectivity index (χ2n) is 4.53. The number of benzene rings is 1. The molecule has 0 aliphatic carbocycles. The molecule has 110 valence electrons. The minimum absolute atomic E-state index is 0.272. The smallest absolute Gasteiger partial charge is 0.271 e. The second kappa shape index (κ2) is 7.15. The van der Waals surface area contributed by atoms with Gasteiger partial charge in [-0.15, -0.1) is 0 Å². The number of hydrogen-bond donors (Lipinski definition) is 1. The Morgan fingerprint density at radius 3 is 2.81 bits per heavy atom. The monoisotopic (exact) mass is 305 g/mol. The molecule has 0 bridgehead atoms. The number of aromatic nitrogens is 2. The summed E-state index contributed by atoms with van der Waals surface area (Å²) in [6, 6.07) is 7.35. The average Bonchev–Trinajstić information content (AvgIpc) is 2.48. The van der Waals surface area contributed by atoms with Gasteiger partial charge in [0.05, 0.1) is 18.0 Å². The third-order valence-corrected chi connectivity index (χ3v) is 3.20. The average molecular weight is 306 g/mol. The van der Waals surface area contributed by atoms with Crippen LogP contribution in [0.5, 0.6) is 0 Å². The number of halogens is 1. The lowest BCUT2D eigenvalue weighted by Crippen LogP contribution is -2.29. The molecule has 0 saturated carbocycles. The molecule has 0 aliphatic rings. The molecule has 1 amide bonds. The van der Waals surface area contributed by atoms with Gasteiger partial charge in [0.2, 0.25) is 0 Å². The number of aryl methyl sites for hydroxylation is 1. The Hall–Kier alpha value is -1.98. The first-order valence-electron chi connectivity index (χ1n) is 6.45. The zero-order chi connectivity index (χ0) is 15.2. The quantitative estimate of drug-likeness (QED) is 0.922. The van der Waals surface area contributed by atoms with Crippen molar-refractivity contribution in [2.45, 2.75) is 13.0 Å².